The number of carboxylic acids is 1. The Morgan fingerprint density at radius 2 is 1.69 bits per heavy atom. The molecule has 2 aliphatic rings. The number of aliphatic carboxylic acids is 1. The Morgan fingerprint density at radius 3 is 2.21 bits per heavy atom. The largest absolute Gasteiger partial charge is 0.480 e. The summed E-state index contributed by atoms with van der Waals surface area (Å²) in [4.78, 5) is 72.2. The molecule has 220 valence electrons. The van der Waals surface area contributed by atoms with Gasteiger partial charge in [0.15, 0.2) is 24.5 Å². The van der Waals surface area contributed by atoms with Gasteiger partial charge >= 0.3 is 23.9 Å². The lowest BCUT2D eigenvalue weighted by Gasteiger charge is -2.49. The molecular formula is C24H36N2O13. The van der Waals surface area contributed by atoms with Gasteiger partial charge in [-0.2, -0.15) is 0 Å². The van der Waals surface area contributed by atoms with Gasteiger partial charge in [0.05, 0.1) is 12.0 Å². The summed E-state index contributed by atoms with van der Waals surface area (Å²) >= 11 is 0. The average Bonchev–Trinajstić information content (AvgIpc) is 3.28. The quantitative estimate of drug-likeness (QED) is 0.172. The lowest BCUT2D eigenvalue weighted by atomic mass is 9.80. The molecule has 1 aliphatic carbocycles. The Bertz CT molecular complexity index is 956. The van der Waals surface area contributed by atoms with E-state index >= 15 is 0 Å². The van der Waals surface area contributed by atoms with Crippen LogP contribution in [0.3, 0.4) is 0 Å². The number of carbonyl (C=O) groups is 6. The molecule has 0 spiro atoms. The first-order valence-electron chi connectivity index (χ1n) is 12.4. The molecule has 8 atom stereocenters. The van der Waals surface area contributed by atoms with E-state index in [-0.39, 0.29) is 5.91 Å². The molecule has 0 radical (unpaired) electrons. The molecule has 1 heterocycles. The zero-order valence-corrected chi connectivity index (χ0v) is 22.5. The first-order chi connectivity index (χ1) is 18.2. The number of carbonyl (C=O) groups excluding carboxylic acids is 5. The van der Waals surface area contributed by atoms with E-state index in [1.54, 1.807) is 0 Å². The summed E-state index contributed by atoms with van der Waals surface area (Å²) in [5.74, 6) is -5.74. The smallest absolute Gasteiger partial charge is 0.328 e. The molecule has 2 rings (SSSR count). The molecular weight excluding hydrogens is 524 g/mol. The summed E-state index contributed by atoms with van der Waals surface area (Å²) in [7, 11) is 1.14. The highest BCUT2D eigenvalue weighted by Gasteiger charge is 2.59. The second kappa shape index (κ2) is 13.7. The number of esters is 3. The molecule has 0 bridgehead atoms. The summed E-state index contributed by atoms with van der Waals surface area (Å²) in [6.45, 7) is 3.79. The van der Waals surface area contributed by atoms with Crippen LogP contribution in [-0.4, -0.2) is 102 Å². The summed E-state index contributed by atoms with van der Waals surface area (Å²) in [6, 6.07) is -2.23. The molecule has 2 amide bonds. The maximum Gasteiger partial charge on any atom is 0.328 e. The first kappa shape index (κ1) is 31.9. The van der Waals surface area contributed by atoms with E-state index in [2.05, 4.69) is 10.6 Å². The van der Waals surface area contributed by atoms with Crippen molar-refractivity contribution in [3.63, 3.8) is 0 Å². The SMILES string of the molecule is CO[C@H]1O[C@@H]([C@H](NC(=O)C2CCCC2NC(C)=O)C(=O)O)C[C@@](O)([C@@H](COC(C)=O)OC(C)=O)[C@H]1OC(C)=O. The first-order valence-corrected chi connectivity index (χ1v) is 12.4. The highest BCUT2D eigenvalue weighted by molar-refractivity contribution is 5.86. The van der Waals surface area contributed by atoms with Crippen molar-refractivity contribution >= 4 is 35.7 Å². The van der Waals surface area contributed by atoms with Crippen LogP contribution >= 0.6 is 0 Å². The second-order valence-corrected chi connectivity index (χ2v) is 9.57. The van der Waals surface area contributed by atoms with Crippen LogP contribution < -0.4 is 10.6 Å². The Morgan fingerprint density at radius 1 is 1.03 bits per heavy atom. The van der Waals surface area contributed by atoms with Gasteiger partial charge in [0, 0.05) is 47.3 Å². The van der Waals surface area contributed by atoms with E-state index in [0.717, 1.165) is 27.9 Å². The summed E-state index contributed by atoms with van der Waals surface area (Å²) in [6.07, 6.45) is -5.45. The van der Waals surface area contributed by atoms with E-state index in [1.165, 1.54) is 6.92 Å². The van der Waals surface area contributed by atoms with Gasteiger partial charge < -0.3 is 44.5 Å². The van der Waals surface area contributed by atoms with Crippen molar-refractivity contribution in [3.8, 4) is 0 Å². The van der Waals surface area contributed by atoms with Crippen LogP contribution in [0, 0.1) is 5.92 Å². The van der Waals surface area contributed by atoms with E-state index in [4.69, 9.17) is 23.7 Å². The predicted molar refractivity (Wildman–Crippen MR) is 127 cm³/mol. The van der Waals surface area contributed by atoms with Crippen molar-refractivity contribution in [1.29, 1.82) is 0 Å². The maximum absolute atomic E-state index is 13.1. The third-order valence-corrected chi connectivity index (χ3v) is 6.58. The van der Waals surface area contributed by atoms with Crippen molar-refractivity contribution in [2.24, 2.45) is 5.92 Å². The fourth-order valence-corrected chi connectivity index (χ4v) is 4.95. The van der Waals surface area contributed by atoms with E-state index in [1.807, 2.05) is 0 Å². The van der Waals surface area contributed by atoms with Crippen molar-refractivity contribution < 1.29 is 62.7 Å². The molecule has 1 aliphatic heterocycles. The van der Waals surface area contributed by atoms with Gasteiger partial charge in [0.25, 0.3) is 0 Å². The topological polar surface area (TPSA) is 213 Å². The lowest BCUT2D eigenvalue weighted by Crippen LogP contribution is -2.69. The van der Waals surface area contributed by atoms with Crippen molar-refractivity contribution in [1.82, 2.24) is 10.6 Å². The van der Waals surface area contributed by atoms with Crippen molar-refractivity contribution in [2.45, 2.75) is 95.7 Å². The van der Waals surface area contributed by atoms with Gasteiger partial charge in [0.1, 0.15) is 12.2 Å². The standard InChI is InChI=1S/C24H36N2O13/c1-11(27)25-16-8-6-7-15(16)21(31)26-19(22(32)33)17-9-24(34,18(37-13(3)29)10-36-12(2)28)20(38-14(4)30)23(35-5)39-17/h15-20,23,34H,6-10H2,1-5H3,(H,25,27)(H,26,31)(H,32,33)/t15?,16?,17-,18-,19+,20+,23+,24-/m1/s1. The number of hydrogen-bond donors (Lipinski definition) is 4. The molecule has 0 aromatic heterocycles. The molecule has 1 saturated carbocycles. The maximum atomic E-state index is 13.1. The van der Waals surface area contributed by atoms with Gasteiger partial charge in [-0.25, -0.2) is 4.79 Å². The van der Waals surface area contributed by atoms with Crippen LogP contribution in [0.5, 0.6) is 0 Å². The number of aliphatic hydroxyl groups is 1. The van der Waals surface area contributed by atoms with Crippen LogP contribution in [0.1, 0.15) is 53.4 Å². The third-order valence-electron chi connectivity index (χ3n) is 6.58. The van der Waals surface area contributed by atoms with Crippen LogP contribution in [0.25, 0.3) is 0 Å². The van der Waals surface area contributed by atoms with Crippen LogP contribution in [0.4, 0.5) is 0 Å². The lowest BCUT2D eigenvalue weighted by molar-refractivity contribution is -0.314. The Kier molecular flexibility index (Phi) is 11.2. The number of ether oxygens (including phenoxy) is 5. The highest BCUT2D eigenvalue weighted by atomic mass is 16.7. The Balaban J connectivity index is 2.43. The highest BCUT2D eigenvalue weighted by Crippen LogP contribution is 2.38. The number of amides is 2. The summed E-state index contributed by atoms with van der Waals surface area (Å²) in [5, 5.41) is 26.9. The zero-order valence-electron chi connectivity index (χ0n) is 22.5. The van der Waals surface area contributed by atoms with Gasteiger partial charge in [-0.15, -0.1) is 0 Å². The van der Waals surface area contributed by atoms with E-state index in [9.17, 15) is 39.0 Å². The summed E-state index contributed by atoms with van der Waals surface area (Å²) in [5.41, 5.74) is -2.39. The molecule has 4 N–H and O–H groups in total. The van der Waals surface area contributed by atoms with Crippen molar-refractivity contribution in [2.75, 3.05) is 13.7 Å². The minimum Gasteiger partial charge on any atom is -0.480 e. The summed E-state index contributed by atoms with van der Waals surface area (Å²) < 4.78 is 26.4. The van der Waals surface area contributed by atoms with Gasteiger partial charge in [0.2, 0.25) is 11.8 Å². The number of hydrogen-bond acceptors (Lipinski definition) is 12. The minimum atomic E-state index is -2.39. The van der Waals surface area contributed by atoms with E-state index < -0.39 is 91.0 Å². The molecule has 0 aromatic rings. The monoisotopic (exact) mass is 560 g/mol. The number of nitrogens with one attached hydrogen (secondary N) is 2. The molecule has 2 unspecified atom stereocenters. The fourth-order valence-electron chi connectivity index (χ4n) is 4.95. The van der Waals surface area contributed by atoms with Gasteiger partial charge in [-0.3, -0.25) is 24.0 Å². The van der Waals surface area contributed by atoms with Crippen molar-refractivity contribution in [3.05, 3.63) is 0 Å². The number of carboxylic acid groups (broad SMARTS) is 1. The zero-order chi connectivity index (χ0) is 29.5. The van der Waals surface area contributed by atoms with Gasteiger partial charge in [-0.05, 0) is 12.8 Å². The third kappa shape index (κ3) is 8.34. The second-order valence-electron chi connectivity index (χ2n) is 9.57. The minimum absolute atomic E-state index is 0.334. The van der Waals surface area contributed by atoms with E-state index in [0.29, 0.717) is 19.3 Å². The number of methoxy groups -OCH3 is 1. The number of rotatable bonds is 11. The predicted octanol–water partition coefficient (Wildman–Crippen LogP) is -1.22. The van der Waals surface area contributed by atoms with Crippen LogP contribution in [0.2, 0.25) is 0 Å². The molecule has 15 heteroatoms. The molecule has 39 heavy (non-hydrogen) atoms. The molecule has 0 aromatic carbocycles. The normalized spacial score (nSPS) is 29.8. The molecule has 2 fully saturated rings. The average molecular weight is 561 g/mol. The van der Waals surface area contributed by atoms with Crippen LogP contribution in [-0.2, 0) is 52.5 Å². The molecule has 1 saturated heterocycles. The Hall–Kier alpha value is -3.30. The fraction of sp³-hybridized carbons (Fsp3) is 0.750. The molecule has 15 nitrogen and oxygen atoms in total. The van der Waals surface area contributed by atoms with Crippen LogP contribution in [0.15, 0.2) is 0 Å². The van der Waals surface area contributed by atoms with Gasteiger partial charge in [-0.1, -0.05) is 6.42 Å². The Labute approximate surface area is 224 Å².